The molecule has 0 spiro atoms. The van der Waals surface area contributed by atoms with Gasteiger partial charge in [0.15, 0.2) is 5.96 Å². The zero-order chi connectivity index (χ0) is 18.4. The first kappa shape index (κ1) is 23.0. The molecule has 0 bridgehead atoms. The molecule has 5 nitrogen and oxygen atoms in total. The molecule has 0 unspecified atom stereocenters. The third-order valence-electron chi connectivity index (χ3n) is 4.00. The van der Waals surface area contributed by atoms with E-state index in [0.29, 0.717) is 23.1 Å². The summed E-state index contributed by atoms with van der Waals surface area (Å²) in [5.74, 6) is 0.750. The van der Waals surface area contributed by atoms with E-state index in [0.717, 1.165) is 23.8 Å². The van der Waals surface area contributed by atoms with Crippen molar-refractivity contribution in [1.29, 1.82) is 0 Å². The molecule has 1 heterocycles. The van der Waals surface area contributed by atoms with Gasteiger partial charge in [0.25, 0.3) is 0 Å². The highest BCUT2D eigenvalue weighted by Gasteiger charge is 2.26. The second-order valence-corrected chi connectivity index (χ2v) is 7.29. The van der Waals surface area contributed by atoms with Crippen LogP contribution in [0.2, 0.25) is 10.0 Å². The van der Waals surface area contributed by atoms with Crippen LogP contribution in [0.1, 0.15) is 32.0 Å². The van der Waals surface area contributed by atoms with Gasteiger partial charge in [-0.1, -0.05) is 43.1 Å². The molecule has 0 aliphatic heterocycles. The number of nitrogens with one attached hydrogen (secondary N) is 2. The highest BCUT2D eigenvalue weighted by Crippen LogP contribution is 2.35. The highest BCUT2D eigenvalue weighted by molar-refractivity contribution is 14.0. The number of hydrogen-bond acceptors (Lipinski definition) is 2. The van der Waals surface area contributed by atoms with Crippen LogP contribution in [-0.4, -0.2) is 28.8 Å². The van der Waals surface area contributed by atoms with Crippen molar-refractivity contribution in [2.75, 3.05) is 13.1 Å². The molecule has 0 aliphatic rings. The normalized spacial score (nSPS) is 11.8. The lowest BCUT2D eigenvalue weighted by Crippen LogP contribution is -2.43. The Morgan fingerprint density at radius 2 is 1.85 bits per heavy atom. The van der Waals surface area contributed by atoms with Gasteiger partial charge in [-0.3, -0.25) is 4.68 Å². The highest BCUT2D eigenvalue weighted by atomic mass is 127. The van der Waals surface area contributed by atoms with Crippen LogP contribution in [-0.2, 0) is 19.0 Å². The van der Waals surface area contributed by atoms with E-state index in [4.69, 9.17) is 23.2 Å². The standard InChI is InChI=1S/C18H25Cl2N5.HI/c1-5-21-17(22-11-13-9-10-24-25(13)4)23-12-18(2,3)16-14(19)7-6-8-15(16)20;/h6-10H,5,11-12H2,1-4H3,(H2,21,22,23);1H. The number of hydrogen-bond donors (Lipinski definition) is 2. The number of aryl methyl sites for hydroxylation is 1. The number of nitrogens with zero attached hydrogens (tertiary/aromatic N) is 3. The molecular weight excluding hydrogens is 484 g/mol. The van der Waals surface area contributed by atoms with E-state index < -0.39 is 0 Å². The summed E-state index contributed by atoms with van der Waals surface area (Å²) in [7, 11) is 1.91. The van der Waals surface area contributed by atoms with Crippen LogP contribution in [0.5, 0.6) is 0 Å². The molecule has 1 aromatic carbocycles. The zero-order valence-corrected chi connectivity index (χ0v) is 19.4. The monoisotopic (exact) mass is 509 g/mol. The Labute approximate surface area is 182 Å². The van der Waals surface area contributed by atoms with Crippen LogP contribution < -0.4 is 10.6 Å². The first-order valence-corrected chi connectivity index (χ1v) is 9.04. The molecule has 1 aromatic heterocycles. The zero-order valence-electron chi connectivity index (χ0n) is 15.5. The molecule has 0 aliphatic carbocycles. The summed E-state index contributed by atoms with van der Waals surface area (Å²) in [6.45, 7) is 8.24. The van der Waals surface area contributed by atoms with Crippen LogP contribution in [0, 0.1) is 0 Å². The summed E-state index contributed by atoms with van der Waals surface area (Å²) in [5, 5.41) is 12.2. The third kappa shape index (κ3) is 6.03. The van der Waals surface area contributed by atoms with Gasteiger partial charge < -0.3 is 10.6 Å². The van der Waals surface area contributed by atoms with E-state index in [1.807, 2.05) is 42.9 Å². The number of benzene rings is 1. The minimum Gasteiger partial charge on any atom is -0.357 e. The van der Waals surface area contributed by atoms with E-state index in [1.54, 1.807) is 6.20 Å². The van der Waals surface area contributed by atoms with E-state index in [1.165, 1.54) is 0 Å². The number of halogens is 3. The average Bonchev–Trinajstić information content (AvgIpc) is 2.95. The van der Waals surface area contributed by atoms with Crippen molar-refractivity contribution in [2.24, 2.45) is 12.0 Å². The predicted octanol–water partition coefficient (Wildman–Crippen LogP) is 4.38. The number of aromatic nitrogens is 2. The van der Waals surface area contributed by atoms with Crippen LogP contribution in [0.15, 0.2) is 35.5 Å². The lowest BCUT2D eigenvalue weighted by atomic mass is 9.84. The molecule has 2 aromatic rings. The molecule has 0 fully saturated rings. The average molecular weight is 510 g/mol. The van der Waals surface area contributed by atoms with E-state index in [9.17, 15) is 0 Å². The van der Waals surface area contributed by atoms with Crippen molar-refractivity contribution >= 4 is 53.1 Å². The molecule has 2 rings (SSSR count). The van der Waals surface area contributed by atoms with E-state index >= 15 is 0 Å². The second-order valence-electron chi connectivity index (χ2n) is 6.48. The Bertz CT molecular complexity index is 723. The molecule has 2 N–H and O–H groups in total. The third-order valence-corrected chi connectivity index (χ3v) is 4.63. The molecule has 26 heavy (non-hydrogen) atoms. The first-order valence-electron chi connectivity index (χ1n) is 8.28. The van der Waals surface area contributed by atoms with Gasteiger partial charge >= 0.3 is 0 Å². The summed E-state index contributed by atoms with van der Waals surface area (Å²) in [4.78, 5) is 4.63. The summed E-state index contributed by atoms with van der Waals surface area (Å²) < 4.78 is 1.82. The minimum atomic E-state index is -0.252. The summed E-state index contributed by atoms with van der Waals surface area (Å²) in [5.41, 5.74) is 1.73. The topological polar surface area (TPSA) is 54.2 Å². The molecular formula is C18H26Cl2IN5. The van der Waals surface area contributed by atoms with Gasteiger partial charge in [-0.05, 0) is 30.7 Å². The SMILES string of the molecule is CCNC(=NCc1ccnn1C)NCC(C)(C)c1c(Cl)cccc1Cl.I. The maximum Gasteiger partial charge on any atom is 0.191 e. The minimum absolute atomic E-state index is 0. The molecule has 144 valence electrons. The molecule has 0 atom stereocenters. The van der Waals surface area contributed by atoms with Crippen LogP contribution >= 0.6 is 47.2 Å². The fraction of sp³-hybridized carbons (Fsp3) is 0.444. The van der Waals surface area contributed by atoms with Gasteiger partial charge in [-0.2, -0.15) is 5.10 Å². The Morgan fingerprint density at radius 3 is 2.38 bits per heavy atom. The Balaban J connectivity index is 0.00000338. The number of rotatable bonds is 6. The van der Waals surface area contributed by atoms with Crippen molar-refractivity contribution < 1.29 is 0 Å². The van der Waals surface area contributed by atoms with E-state index in [2.05, 4.69) is 34.6 Å². The van der Waals surface area contributed by atoms with Gasteiger partial charge in [-0.25, -0.2) is 4.99 Å². The van der Waals surface area contributed by atoms with Crippen molar-refractivity contribution in [3.63, 3.8) is 0 Å². The Morgan fingerprint density at radius 1 is 1.19 bits per heavy atom. The van der Waals surface area contributed by atoms with Gasteiger partial charge in [-0.15, -0.1) is 24.0 Å². The molecule has 0 amide bonds. The van der Waals surface area contributed by atoms with Gasteiger partial charge in [0.2, 0.25) is 0 Å². The van der Waals surface area contributed by atoms with Crippen LogP contribution in [0.4, 0.5) is 0 Å². The van der Waals surface area contributed by atoms with Gasteiger partial charge in [0.05, 0.1) is 12.2 Å². The fourth-order valence-corrected chi connectivity index (χ4v) is 3.50. The lowest BCUT2D eigenvalue weighted by Gasteiger charge is -2.28. The van der Waals surface area contributed by atoms with Gasteiger partial charge in [0.1, 0.15) is 0 Å². The van der Waals surface area contributed by atoms with Crippen LogP contribution in [0.3, 0.4) is 0 Å². The maximum atomic E-state index is 6.37. The van der Waals surface area contributed by atoms with Gasteiger partial charge in [0, 0.05) is 41.8 Å². The molecule has 0 saturated heterocycles. The van der Waals surface area contributed by atoms with Crippen molar-refractivity contribution in [2.45, 2.75) is 32.7 Å². The Hall–Kier alpha value is -0.990. The molecule has 0 saturated carbocycles. The van der Waals surface area contributed by atoms with Crippen molar-refractivity contribution in [3.05, 3.63) is 51.8 Å². The summed E-state index contributed by atoms with van der Waals surface area (Å²) >= 11 is 12.7. The number of aliphatic imine (C=N–C) groups is 1. The summed E-state index contributed by atoms with van der Waals surface area (Å²) in [6.07, 6.45) is 1.77. The summed E-state index contributed by atoms with van der Waals surface area (Å²) in [6, 6.07) is 7.55. The quantitative estimate of drug-likeness (QED) is 0.345. The Kier molecular flexibility index (Phi) is 9.19. The maximum absolute atomic E-state index is 6.37. The van der Waals surface area contributed by atoms with Crippen molar-refractivity contribution in [3.8, 4) is 0 Å². The first-order chi connectivity index (χ1) is 11.8. The number of guanidine groups is 1. The smallest absolute Gasteiger partial charge is 0.191 e. The van der Waals surface area contributed by atoms with Crippen molar-refractivity contribution in [1.82, 2.24) is 20.4 Å². The van der Waals surface area contributed by atoms with Crippen LogP contribution in [0.25, 0.3) is 0 Å². The van der Waals surface area contributed by atoms with E-state index in [-0.39, 0.29) is 29.4 Å². The molecule has 8 heteroatoms. The second kappa shape index (κ2) is 10.4. The molecule has 0 radical (unpaired) electrons. The predicted molar refractivity (Wildman–Crippen MR) is 121 cm³/mol. The largest absolute Gasteiger partial charge is 0.357 e. The fourth-order valence-electron chi connectivity index (χ4n) is 2.60. The lowest BCUT2D eigenvalue weighted by molar-refractivity contribution is 0.509.